The van der Waals surface area contributed by atoms with E-state index >= 15 is 0 Å². The van der Waals surface area contributed by atoms with Gasteiger partial charge in [-0.05, 0) is 12.3 Å². The Kier molecular flexibility index (Phi) is 4.98. The molecule has 0 aliphatic heterocycles. The summed E-state index contributed by atoms with van der Waals surface area (Å²) in [5, 5.41) is 2.83. The van der Waals surface area contributed by atoms with Gasteiger partial charge in [-0.15, -0.1) is 0 Å². The van der Waals surface area contributed by atoms with Crippen molar-refractivity contribution < 1.29 is 4.79 Å². The van der Waals surface area contributed by atoms with Crippen molar-refractivity contribution in [2.75, 3.05) is 6.54 Å². The third kappa shape index (κ3) is 4.02. The third-order valence-corrected chi connectivity index (χ3v) is 2.47. The van der Waals surface area contributed by atoms with Gasteiger partial charge in [-0.25, -0.2) is 4.98 Å². The molecule has 0 aliphatic carbocycles. The molecule has 3 N–H and O–H groups in total. The molecule has 0 bridgehead atoms. The Morgan fingerprint density at radius 1 is 1.56 bits per heavy atom. The van der Waals surface area contributed by atoms with Gasteiger partial charge in [-0.2, -0.15) is 0 Å². The molecule has 1 rings (SSSR count). The summed E-state index contributed by atoms with van der Waals surface area (Å²) in [6, 6.07) is -0.409. The van der Waals surface area contributed by atoms with Gasteiger partial charge in [-0.1, -0.05) is 13.8 Å². The van der Waals surface area contributed by atoms with Gasteiger partial charge in [0.25, 0.3) is 0 Å². The highest BCUT2D eigenvalue weighted by molar-refractivity contribution is 5.81. The summed E-state index contributed by atoms with van der Waals surface area (Å²) in [5.41, 5.74) is 5.71. The normalized spacial score (nSPS) is 12.8. The Bertz CT molecular complexity index is 308. The zero-order valence-electron chi connectivity index (χ0n) is 9.89. The van der Waals surface area contributed by atoms with Crippen LogP contribution >= 0.6 is 0 Å². The van der Waals surface area contributed by atoms with Crippen LogP contribution in [0.15, 0.2) is 18.7 Å². The van der Waals surface area contributed by atoms with Crippen molar-refractivity contribution >= 4 is 5.91 Å². The molecule has 0 aliphatic rings. The Labute approximate surface area is 96.0 Å². The topological polar surface area (TPSA) is 72.9 Å². The van der Waals surface area contributed by atoms with Crippen LogP contribution in [0, 0.1) is 5.92 Å². The molecule has 0 saturated heterocycles. The lowest BCUT2D eigenvalue weighted by atomic mass is 10.1. The van der Waals surface area contributed by atoms with E-state index in [9.17, 15) is 4.79 Å². The number of carbonyl (C=O) groups is 1. The van der Waals surface area contributed by atoms with Crippen molar-refractivity contribution in [1.82, 2.24) is 14.9 Å². The maximum absolute atomic E-state index is 11.5. The Balaban J connectivity index is 2.13. The Morgan fingerprint density at radius 3 is 2.88 bits per heavy atom. The molecule has 1 aromatic heterocycles. The lowest BCUT2D eigenvalue weighted by Crippen LogP contribution is -2.44. The molecular weight excluding hydrogens is 204 g/mol. The van der Waals surface area contributed by atoms with E-state index in [4.69, 9.17) is 5.73 Å². The van der Waals surface area contributed by atoms with Crippen LogP contribution < -0.4 is 11.1 Å². The molecule has 1 atom stereocenters. The number of nitrogens with zero attached hydrogens (tertiary/aromatic N) is 2. The zero-order valence-corrected chi connectivity index (χ0v) is 9.89. The SMILES string of the molecule is CC(C)[C@H](N)C(=O)NCCCn1ccnc1. The predicted molar refractivity (Wildman–Crippen MR) is 62.7 cm³/mol. The number of hydrogen-bond donors (Lipinski definition) is 2. The molecule has 0 aromatic carbocycles. The highest BCUT2D eigenvalue weighted by atomic mass is 16.2. The maximum Gasteiger partial charge on any atom is 0.237 e. The maximum atomic E-state index is 11.5. The number of amides is 1. The molecule has 1 amide bonds. The number of aryl methyl sites for hydroxylation is 1. The van der Waals surface area contributed by atoms with Gasteiger partial charge in [0.05, 0.1) is 12.4 Å². The standard InChI is InChI=1S/C11H20N4O/c1-9(2)10(12)11(16)14-4-3-6-15-7-5-13-8-15/h5,7-10H,3-4,6,12H2,1-2H3,(H,14,16)/t10-/m0/s1. The summed E-state index contributed by atoms with van der Waals surface area (Å²) < 4.78 is 1.98. The van der Waals surface area contributed by atoms with Crippen molar-refractivity contribution in [3.05, 3.63) is 18.7 Å². The largest absolute Gasteiger partial charge is 0.355 e. The number of carbonyl (C=O) groups excluding carboxylic acids is 1. The summed E-state index contributed by atoms with van der Waals surface area (Å²) >= 11 is 0. The number of hydrogen-bond acceptors (Lipinski definition) is 3. The lowest BCUT2D eigenvalue weighted by Gasteiger charge is -2.15. The molecule has 0 radical (unpaired) electrons. The van der Waals surface area contributed by atoms with Crippen molar-refractivity contribution in [2.45, 2.75) is 32.9 Å². The summed E-state index contributed by atoms with van der Waals surface area (Å²) in [6.07, 6.45) is 6.30. The smallest absolute Gasteiger partial charge is 0.237 e. The number of nitrogens with one attached hydrogen (secondary N) is 1. The highest BCUT2D eigenvalue weighted by Crippen LogP contribution is 1.97. The van der Waals surface area contributed by atoms with Gasteiger partial charge in [0.2, 0.25) is 5.91 Å². The van der Waals surface area contributed by atoms with Crippen LogP contribution in [-0.2, 0) is 11.3 Å². The van der Waals surface area contributed by atoms with Gasteiger partial charge in [0.1, 0.15) is 0 Å². The van der Waals surface area contributed by atoms with Crippen LogP contribution in [0.2, 0.25) is 0 Å². The van der Waals surface area contributed by atoms with E-state index in [1.807, 2.05) is 24.6 Å². The first-order valence-electron chi connectivity index (χ1n) is 5.60. The van der Waals surface area contributed by atoms with Gasteiger partial charge < -0.3 is 15.6 Å². The minimum Gasteiger partial charge on any atom is -0.355 e. The summed E-state index contributed by atoms with van der Waals surface area (Å²) in [7, 11) is 0. The van der Waals surface area contributed by atoms with Gasteiger partial charge in [0.15, 0.2) is 0 Å². The van der Waals surface area contributed by atoms with Gasteiger partial charge in [-0.3, -0.25) is 4.79 Å². The molecule has 5 heteroatoms. The van der Waals surface area contributed by atoms with Crippen LogP contribution in [0.25, 0.3) is 0 Å². The third-order valence-electron chi connectivity index (χ3n) is 2.47. The van der Waals surface area contributed by atoms with Crippen LogP contribution in [0.5, 0.6) is 0 Å². The second kappa shape index (κ2) is 6.27. The summed E-state index contributed by atoms with van der Waals surface area (Å²) in [6.45, 7) is 5.39. The fourth-order valence-corrected chi connectivity index (χ4v) is 1.31. The van der Waals surface area contributed by atoms with Gasteiger partial charge in [0, 0.05) is 25.5 Å². The van der Waals surface area contributed by atoms with Crippen LogP contribution in [0.3, 0.4) is 0 Å². The van der Waals surface area contributed by atoms with Crippen molar-refractivity contribution in [1.29, 1.82) is 0 Å². The molecule has 0 saturated carbocycles. The number of imidazole rings is 1. The minimum absolute atomic E-state index is 0.0689. The predicted octanol–water partition coefficient (Wildman–Crippen LogP) is 0.373. The van der Waals surface area contributed by atoms with E-state index in [-0.39, 0.29) is 11.8 Å². The fourth-order valence-electron chi connectivity index (χ4n) is 1.31. The lowest BCUT2D eigenvalue weighted by molar-refractivity contribution is -0.123. The first-order valence-corrected chi connectivity index (χ1v) is 5.60. The first kappa shape index (κ1) is 12.7. The van der Waals surface area contributed by atoms with Crippen LogP contribution in [-0.4, -0.2) is 28.0 Å². The molecule has 5 nitrogen and oxygen atoms in total. The second-order valence-corrected chi connectivity index (χ2v) is 4.21. The first-order chi connectivity index (χ1) is 7.61. The molecule has 0 fully saturated rings. The summed E-state index contributed by atoms with van der Waals surface area (Å²) in [5.74, 6) is 0.106. The molecule has 90 valence electrons. The summed E-state index contributed by atoms with van der Waals surface area (Å²) in [4.78, 5) is 15.4. The van der Waals surface area contributed by atoms with E-state index in [0.29, 0.717) is 6.54 Å². The van der Waals surface area contributed by atoms with E-state index in [1.165, 1.54) is 0 Å². The van der Waals surface area contributed by atoms with E-state index in [2.05, 4.69) is 10.3 Å². The minimum atomic E-state index is -0.409. The zero-order chi connectivity index (χ0) is 12.0. The number of nitrogens with two attached hydrogens (primary N) is 1. The van der Waals surface area contributed by atoms with Crippen molar-refractivity contribution in [2.24, 2.45) is 11.7 Å². The Morgan fingerprint density at radius 2 is 2.31 bits per heavy atom. The molecule has 1 heterocycles. The van der Waals surface area contributed by atoms with E-state index in [0.717, 1.165) is 13.0 Å². The second-order valence-electron chi connectivity index (χ2n) is 4.21. The average Bonchev–Trinajstić information content (AvgIpc) is 2.75. The molecule has 0 unspecified atom stereocenters. The van der Waals surface area contributed by atoms with Crippen molar-refractivity contribution in [3.8, 4) is 0 Å². The van der Waals surface area contributed by atoms with Crippen molar-refractivity contribution in [3.63, 3.8) is 0 Å². The van der Waals surface area contributed by atoms with E-state index in [1.54, 1.807) is 12.5 Å². The van der Waals surface area contributed by atoms with Gasteiger partial charge >= 0.3 is 0 Å². The van der Waals surface area contributed by atoms with Crippen LogP contribution in [0.1, 0.15) is 20.3 Å². The molecular formula is C11H20N4O. The molecule has 0 spiro atoms. The Hall–Kier alpha value is -1.36. The average molecular weight is 224 g/mol. The fraction of sp³-hybridized carbons (Fsp3) is 0.636. The molecule has 1 aromatic rings. The number of rotatable bonds is 6. The van der Waals surface area contributed by atoms with E-state index < -0.39 is 6.04 Å². The monoisotopic (exact) mass is 224 g/mol. The molecule has 16 heavy (non-hydrogen) atoms. The number of aromatic nitrogens is 2. The highest BCUT2D eigenvalue weighted by Gasteiger charge is 2.15. The quantitative estimate of drug-likeness (QED) is 0.686. The van der Waals surface area contributed by atoms with Crippen LogP contribution in [0.4, 0.5) is 0 Å².